The van der Waals surface area contributed by atoms with Gasteiger partial charge in [-0.15, -0.1) is 0 Å². The second-order valence-corrected chi connectivity index (χ2v) is 6.34. The van der Waals surface area contributed by atoms with Gasteiger partial charge in [0.2, 0.25) is 5.91 Å². The van der Waals surface area contributed by atoms with Crippen molar-refractivity contribution in [3.8, 4) is 0 Å². The van der Waals surface area contributed by atoms with Crippen molar-refractivity contribution in [3.63, 3.8) is 0 Å². The van der Waals surface area contributed by atoms with Crippen LogP contribution >= 0.6 is 0 Å². The maximum absolute atomic E-state index is 13.0. The number of amides is 1. The summed E-state index contributed by atoms with van der Waals surface area (Å²) in [6, 6.07) is 6.39. The Kier molecular flexibility index (Phi) is 4.74. The summed E-state index contributed by atoms with van der Waals surface area (Å²) in [4.78, 5) is 16.7. The number of hydrogen-bond donors (Lipinski definition) is 1. The number of halogens is 1. The summed E-state index contributed by atoms with van der Waals surface area (Å²) < 4.78 is 13.0. The van der Waals surface area contributed by atoms with E-state index in [1.54, 1.807) is 17.0 Å². The van der Waals surface area contributed by atoms with Crippen molar-refractivity contribution in [2.75, 3.05) is 19.6 Å². The summed E-state index contributed by atoms with van der Waals surface area (Å²) >= 11 is 0. The van der Waals surface area contributed by atoms with Gasteiger partial charge in [-0.25, -0.2) is 4.39 Å². The van der Waals surface area contributed by atoms with Crippen molar-refractivity contribution in [1.29, 1.82) is 0 Å². The molecule has 2 atom stereocenters. The van der Waals surface area contributed by atoms with Crippen LogP contribution in [-0.4, -0.2) is 52.6 Å². The van der Waals surface area contributed by atoms with Crippen LogP contribution in [0.3, 0.4) is 0 Å². The van der Waals surface area contributed by atoms with E-state index in [0.29, 0.717) is 26.1 Å². The number of rotatable bonds is 3. The van der Waals surface area contributed by atoms with E-state index in [0.717, 1.165) is 31.4 Å². The van der Waals surface area contributed by atoms with Crippen LogP contribution in [0.2, 0.25) is 0 Å². The third-order valence-corrected chi connectivity index (χ3v) is 4.67. The van der Waals surface area contributed by atoms with E-state index in [4.69, 9.17) is 0 Å². The monoisotopic (exact) mass is 306 g/mol. The molecule has 4 nitrogen and oxygen atoms in total. The molecule has 1 unspecified atom stereocenters. The van der Waals surface area contributed by atoms with Crippen LogP contribution in [0.1, 0.15) is 31.2 Å². The van der Waals surface area contributed by atoms with Gasteiger partial charge in [0.1, 0.15) is 5.82 Å². The fourth-order valence-corrected chi connectivity index (χ4v) is 3.44. The Morgan fingerprint density at radius 3 is 2.64 bits per heavy atom. The molecule has 2 aliphatic heterocycles. The lowest BCUT2D eigenvalue weighted by Crippen LogP contribution is -2.50. The predicted octanol–water partition coefficient (Wildman–Crippen LogP) is 1.77. The molecule has 1 aromatic rings. The van der Waals surface area contributed by atoms with Gasteiger partial charge in [-0.3, -0.25) is 9.69 Å². The van der Waals surface area contributed by atoms with E-state index in [2.05, 4.69) is 4.90 Å². The van der Waals surface area contributed by atoms with Crippen LogP contribution in [0.15, 0.2) is 24.3 Å². The molecule has 0 spiro atoms. The zero-order valence-electron chi connectivity index (χ0n) is 12.7. The number of hydrogen-bond acceptors (Lipinski definition) is 3. The van der Waals surface area contributed by atoms with Crippen molar-refractivity contribution in [1.82, 2.24) is 9.80 Å². The van der Waals surface area contributed by atoms with E-state index in [9.17, 15) is 14.3 Å². The molecule has 2 fully saturated rings. The number of β-amino-alcohol motifs (C(OH)–C–C–N with tert-alkyl or cyclic N) is 1. The van der Waals surface area contributed by atoms with Gasteiger partial charge < -0.3 is 10.0 Å². The summed E-state index contributed by atoms with van der Waals surface area (Å²) in [7, 11) is 0. The minimum atomic E-state index is -0.377. The molecule has 0 aliphatic carbocycles. The summed E-state index contributed by atoms with van der Waals surface area (Å²) in [5.41, 5.74) is 1.03. The molecule has 3 rings (SSSR count). The minimum absolute atomic E-state index is 0.107. The van der Waals surface area contributed by atoms with Gasteiger partial charge in [-0.1, -0.05) is 18.6 Å². The van der Waals surface area contributed by atoms with Crippen molar-refractivity contribution in [3.05, 3.63) is 35.6 Å². The summed E-state index contributed by atoms with van der Waals surface area (Å²) in [5.74, 6) is -0.0977. The molecule has 0 aromatic heterocycles. The molecule has 0 saturated carbocycles. The zero-order valence-corrected chi connectivity index (χ0v) is 12.7. The molecule has 1 amide bonds. The smallest absolute Gasteiger partial charge is 0.240 e. The predicted molar refractivity (Wildman–Crippen MR) is 81.7 cm³/mol. The Morgan fingerprint density at radius 1 is 1.18 bits per heavy atom. The van der Waals surface area contributed by atoms with E-state index in [1.165, 1.54) is 12.1 Å². The Morgan fingerprint density at radius 2 is 1.95 bits per heavy atom. The third kappa shape index (κ3) is 3.47. The van der Waals surface area contributed by atoms with Crippen molar-refractivity contribution >= 4 is 5.91 Å². The van der Waals surface area contributed by atoms with Crippen molar-refractivity contribution in [2.45, 2.75) is 44.4 Å². The topological polar surface area (TPSA) is 43.8 Å². The largest absolute Gasteiger partial charge is 0.391 e. The number of carbonyl (C=O) groups is 1. The number of piperidine rings is 1. The van der Waals surface area contributed by atoms with E-state index < -0.39 is 0 Å². The Hall–Kier alpha value is -1.46. The standard InChI is InChI=1S/C17H23FN2O2/c18-14-6-4-13(5-7-14)11-19-9-2-1-3-16(19)17(22)20-10-8-15(21)12-20/h4-7,15-16,21H,1-3,8-12H2/t15-,16?/m1/s1. The molecule has 2 saturated heterocycles. The summed E-state index contributed by atoms with van der Waals surface area (Å²) in [6.45, 7) is 2.68. The second-order valence-electron chi connectivity index (χ2n) is 6.34. The van der Waals surface area contributed by atoms with Gasteiger partial charge in [0.15, 0.2) is 0 Å². The summed E-state index contributed by atoms with van der Waals surface area (Å²) in [6.07, 6.45) is 3.32. The average Bonchev–Trinajstić information content (AvgIpc) is 2.96. The second kappa shape index (κ2) is 6.75. The normalized spacial score (nSPS) is 26.4. The lowest BCUT2D eigenvalue weighted by atomic mass is 10.00. The molecule has 0 radical (unpaired) electrons. The van der Waals surface area contributed by atoms with E-state index in [-0.39, 0.29) is 23.9 Å². The van der Waals surface area contributed by atoms with Gasteiger partial charge in [0, 0.05) is 19.6 Å². The molecule has 0 bridgehead atoms. The van der Waals surface area contributed by atoms with Crippen LogP contribution in [-0.2, 0) is 11.3 Å². The molecule has 1 N–H and O–H groups in total. The van der Waals surface area contributed by atoms with Gasteiger partial charge >= 0.3 is 0 Å². The van der Waals surface area contributed by atoms with Crippen LogP contribution < -0.4 is 0 Å². The number of carbonyl (C=O) groups excluding carboxylic acids is 1. The maximum Gasteiger partial charge on any atom is 0.240 e. The molecule has 1 aromatic carbocycles. The van der Waals surface area contributed by atoms with Gasteiger partial charge in [0.05, 0.1) is 12.1 Å². The number of likely N-dealkylation sites (tertiary alicyclic amines) is 2. The summed E-state index contributed by atoms with van der Waals surface area (Å²) in [5, 5.41) is 9.63. The molecular formula is C17H23FN2O2. The SMILES string of the molecule is O=C(C1CCCCN1Cc1ccc(F)cc1)N1CC[C@@H](O)C1. The van der Waals surface area contributed by atoms with Crippen molar-refractivity contribution < 1.29 is 14.3 Å². The van der Waals surface area contributed by atoms with Gasteiger partial charge in [-0.2, -0.15) is 0 Å². The number of aliphatic hydroxyl groups excluding tert-OH is 1. The van der Waals surface area contributed by atoms with E-state index >= 15 is 0 Å². The van der Waals surface area contributed by atoms with Crippen LogP contribution in [0.25, 0.3) is 0 Å². The molecule has 2 heterocycles. The minimum Gasteiger partial charge on any atom is -0.391 e. The molecule has 22 heavy (non-hydrogen) atoms. The first-order valence-electron chi connectivity index (χ1n) is 8.09. The Labute approximate surface area is 130 Å². The first kappa shape index (κ1) is 15.4. The van der Waals surface area contributed by atoms with Crippen molar-refractivity contribution in [2.24, 2.45) is 0 Å². The molecule has 5 heteroatoms. The number of nitrogens with zero attached hydrogens (tertiary/aromatic N) is 2. The highest BCUT2D eigenvalue weighted by Crippen LogP contribution is 2.23. The van der Waals surface area contributed by atoms with Crippen LogP contribution in [0.5, 0.6) is 0 Å². The maximum atomic E-state index is 13.0. The highest BCUT2D eigenvalue weighted by molar-refractivity contribution is 5.82. The fraction of sp³-hybridized carbons (Fsp3) is 0.588. The van der Waals surface area contributed by atoms with E-state index in [1.807, 2.05) is 0 Å². The molecular weight excluding hydrogens is 283 g/mol. The Bertz CT molecular complexity index is 520. The quantitative estimate of drug-likeness (QED) is 0.925. The average molecular weight is 306 g/mol. The third-order valence-electron chi connectivity index (χ3n) is 4.67. The number of aliphatic hydroxyl groups is 1. The Balaban J connectivity index is 1.68. The van der Waals surface area contributed by atoms with Gasteiger partial charge in [-0.05, 0) is 43.5 Å². The molecule has 120 valence electrons. The highest BCUT2D eigenvalue weighted by atomic mass is 19.1. The first-order chi connectivity index (χ1) is 10.6. The van der Waals surface area contributed by atoms with Crippen LogP contribution in [0, 0.1) is 5.82 Å². The highest BCUT2D eigenvalue weighted by Gasteiger charge is 2.34. The first-order valence-corrected chi connectivity index (χ1v) is 8.09. The fourth-order valence-electron chi connectivity index (χ4n) is 3.44. The number of benzene rings is 1. The lowest BCUT2D eigenvalue weighted by molar-refractivity contribution is -0.137. The van der Waals surface area contributed by atoms with Crippen LogP contribution in [0.4, 0.5) is 4.39 Å². The zero-order chi connectivity index (χ0) is 15.5. The lowest BCUT2D eigenvalue weighted by Gasteiger charge is -2.36. The van der Waals surface area contributed by atoms with Gasteiger partial charge in [0.25, 0.3) is 0 Å². The molecule has 2 aliphatic rings.